The lowest BCUT2D eigenvalue weighted by molar-refractivity contribution is -0.147. The van der Waals surface area contributed by atoms with Gasteiger partial charge in [0.25, 0.3) is 0 Å². The number of rotatable bonds is 9. The van der Waals surface area contributed by atoms with Crippen LogP contribution < -0.4 is 0 Å². The minimum absolute atomic E-state index is 0.0137. The Morgan fingerprint density at radius 1 is 0.972 bits per heavy atom. The van der Waals surface area contributed by atoms with Crippen LogP contribution in [0.15, 0.2) is 77.3 Å². The van der Waals surface area contributed by atoms with E-state index in [0.29, 0.717) is 28.5 Å². The molecule has 1 unspecified atom stereocenters. The van der Waals surface area contributed by atoms with Crippen LogP contribution in [0.5, 0.6) is 0 Å². The fourth-order valence-electron chi connectivity index (χ4n) is 4.13. The van der Waals surface area contributed by atoms with Gasteiger partial charge in [0.05, 0.1) is 18.5 Å². The Balaban J connectivity index is 1.48. The van der Waals surface area contributed by atoms with E-state index in [2.05, 4.69) is 5.16 Å². The van der Waals surface area contributed by atoms with Crippen LogP contribution in [0.3, 0.4) is 0 Å². The molecular weight excluding hydrogens is 478 g/mol. The average Bonchev–Trinajstić information content (AvgIpc) is 3.20. The van der Waals surface area contributed by atoms with Crippen molar-refractivity contribution in [2.24, 2.45) is 0 Å². The molecule has 1 N–H and O–H groups in total. The molecule has 0 aliphatic heterocycles. The van der Waals surface area contributed by atoms with Gasteiger partial charge in [-0.3, -0.25) is 9.59 Å². The predicted molar refractivity (Wildman–Crippen MR) is 137 cm³/mol. The van der Waals surface area contributed by atoms with Crippen molar-refractivity contribution in [1.82, 2.24) is 5.16 Å². The molecule has 184 valence electrons. The van der Waals surface area contributed by atoms with Crippen molar-refractivity contribution in [2.75, 3.05) is 0 Å². The second-order valence-electron chi connectivity index (χ2n) is 8.62. The van der Waals surface area contributed by atoms with E-state index in [4.69, 9.17) is 20.9 Å². The summed E-state index contributed by atoms with van der Waals surface area (Å²) in [6, 6.07) is 22.6. The molecule has 0 saturated carbocycles. The van der Waals surface area contributed by atoms with Gasteiger partial charge in [-0.1, -0.05) is 83.5 Å². The Bertz CT molecular complexity index is 1380. The molecule has 3 aromatic carbocycles. The van der Waals surface area contributed by atoms with Gasteiger partial charge in [0.1, 0.15) is 6.10 Å². The Morgan fingerprint density at radius 2 is 1.64 bits per heavy atom. The number of carboxylic acids is 1. The Morgan fingerprint density at radius 3 is 2.33 bits per heavy atom. The zero-order chi connectivity index (χ0) is 25.7. The molecule has 36 heavy (non-hydrogen) atoms. The summed E-state index contributed by atoms with van der Waals surface area (Å²) in [6.07, 6.45) is 0.125. The van der Waals surface area contributed by atoms with Crippen molar-refractivity contribution in [3.63, 3.8) is 0 Å². The smallest absolute Gasteiger partial charge is 0.311 e. The molecule has 4 rings (SSSR count). The number of aliphatic carboxylic acids is 1. The van der Waals surface area contributed by atoms with Gasteiger partial charge in [-0.2, -0.15) is 0 Å². The van der Waals surface area contributed by atoms with E-state index in [1.54, 1.807) is 19.9 Å². The van der Waals surface area contributed by atoms with E-state index in [-0.39, 0.29) is 12.8 Å². The van der Waals surface area contributed by atoms with Gasteiger partial charge in [-0.25, -0.2) is 0 Å². The summed E-state index contributed by atoms with van der Waals surface area (Å²) in [7, 11) is 0. The molecule has 1 atom stereocenters. The van der Waals surface area contributed by atoms with Crippen molar-refractivity contribution in [3.8, 4) is 11.3 Å². The molecule has 0 spiro atoms. The van der Waals surface area contributed by atoms with Gasteiger partial charge in [-0.15, -0.1) is 0 Å². The highest BCUT2D eigenvalue weighted by atomic mass is 35.5. The van der Waals surface area contributed by atoms with Crippen LogP contribution in [0.4, 0.5) is 0 Å². The third-order valence-electron chi connectivity index (χ3n) is 6.03. The zero-order valence-electron chi connectivity index (χ0n) is 20.0. The number of carboxylic acid groups (broad SMARTS) is 1. The number of esters is 1. The lowest BCUT2D eigenvalue weighted by Crippen LogP contribution is -2.12. The summed E-state index contributed by atoms with van der Waals surface area (Å²) in [5, 5.41) is 13.8. The van der Waals surface area contributed by atoms with Gasteiger partial charge in [0, 0.05) is 21.7 Å². The molecule has 0 aliphatic rings. The van der Waals surface area contributed by atoms with Crippen molar-refractivity contribution >= 4 is 23.5 Å². The standard InChI is InChI=1S/C29H26ClNO5/c1-18-25(17-28(34)35-19(2)24-9-5-6-10-26(24)30)29(36-31-18)21-13-11-20(12-14-21)15-22-7-3-4-8-23(22)16-27(32)33/h3-14,19H,15-17H2,1-2H3,(H,32,33). The number of carbonyl (C=O) groups is 2. The summed E-state index contributed by atoms with van der Waals surface area (Å²) in [5.41, 5.74) is 5.63. The molecule has 0 saturated heterocycles. The summed E-state index contributed by atoms with van der Waals surface area (Å²) < 4.78 is 11.2. The van der Waals surface area contributed by atoms with Crippen molar-refractivity contribution in [1.29, 1.82) is 0 Å². The highest BCUT2D eigenvalue weighted by Gasteiger charge is 2.21. The van der Waals surface area contributed by atoms with Crippen molar-refractivity contribution in [2.45, 2.75) is 39.2 Å². The fourth-order valence-corrected chi connectivity index (χ4v) is 4.42. The first-order valence-electron chi connectivity index (χ1n) is 11.6. The first kappa shape index (κ1) is 25.2. The van der Waals surface area contributed by atoms with Gasteiger partial charge >= 0.3 is 11.9 Å². The lowest BCUT2D eigenvalue weighted by Gasteiger charge is -2.15. The number of halogens is 1. The molecule has 1 heterocycles. The number of hydrogen-bond donors (Lipinski definition) is 1. The minimum Gasteiger partial charge on any atom is -0.481 e. The maximum absolute atomic E-state index is 12.7. The third kappa shape index (κ3) is 6.01. The minimum atomic E-state index is -0.856. The van der Waals surface area contributed by atoms with E-state index < -0.39 is 18.0 Å². The predicted octanol–water partition coefficient (Wildman–Crippen LogP) is 6.37. The van der Waals surface area contributed by atoms with Crippen molar-refractivity contribution < 1.29 is 24.0 Å². The Hall–Kier alpha value is -3.90. The molecule has 0 bridgehead atoms. The monoisotopic (exact) mass is 503 g/mol. The quantitative estimate of drug-likeness (QED) is 0.267. The van der Waals surface area contributed by atoms with E-state index in [0.717, 1.165) is 27.8 Å². The van der Waals surface area contributed by atoms with Crippen molar-refractivity contribution in [3.05, 3.63) is 111 Å². The number of ether oxygens (including phenoxy) is 1. The van der Waals surface area contributed by atoms with Gasteiger partial charge < -0.3 is 14.4 Å². The van der Waals surface area contributed by atoms with Gasteiger partial charge in [0.2, 0.25) is 0 Å². The summed E-state index contributed by atoms with van der Waals surface area (Å²) in [4.78, 5) is 23.9. The molecule has 7 heteroatoms. The number of aryl methyl sites for hydroxylation is 1. The van der Waals surface area contributed by atoms with E-state index >= 15 is 0 Å². The SMILES string of the molecule is Cc1noc(-c2ccc(Cc3ccccc3CC(=O)O)cc2)c1CC(=O)OC(C)c1ccccc1Cl. The average molecular weight is 504 g/mol. The number of carbonyl (C=O) groups excluding carboxylic acids is 1. The van der Waals surface area contributed by atoms with Gasteiger partial charge in [-0.05, 0) is 43.0 Å². The van der Waals surface area contributed by atoms with Crippen LogP contribution >= 0.6 is 11.6 Å². The third-order valence-corrected chi connectivity index (χ3v) is 6.37. The first-order valence-corrected chi connectivity index (χ1v) is 12.0. The summed E-state index contributed by atoms with van der Waals surface area (Å²) in [6.45, 7) is 3.58. The highest BCUT2D eigenvalue weighted by Crippen LogP contribution is 2.30. The van der Waals surface area contributed by atoms with E-state index in [1.165, 1.54) is 0 Å². The molecule has 0 aliphatic carbocycles. The number of nitrogens with zero attached hydrogens (tertiary/aromatic N) is 1. The number of hydrogen-bond acceptors (Lipinski definition) is 5. The second kappa shape index (κ2) is 11.2. The van der Waals surface area contributed by atoms with Crippen LogP contribution in [0.25, 0.3) is 11.3 Å². The van der Waals surface area contributed by atoms with Crippen LogP contribution in [0.2, 0.25) is 5.02 Å². The van der Waals surface area contributed by atoms with Gasteiger partial charge in [0.15, 0.2) is 5.76 Å². The molecule has 6 nitrogen and oxygen atoms in total. The molecule has 0 fully saturated rings. The maximum atomic E-state index is 12.7. The zero-order valence-corrected chi connectivity index (χ0v) is 20.8. The normalized spacial score (nSPS) is 11.8. The summed E-state index contributed by atoms with van der Waals surface area (Å²) in [5.74, 6) is -0.736. The van der Waals surface area contributed by atoms with Crippen LogP contribution in [-0.2, 0) is 33.6 Å². The molecule has 1 aromatic heterocycles. The maximum Gasteiger partial charge on any atom is 0.311 e. The van der Waals surface area contributed by atoms with E-state index in [9.17, 15) is 14.7 Å². The second-order valence-corrected chi connectivity index (χ2v) is 9.03. The topological polar surface area (TPSA) is 89.6 Å². The lowest BCUT2D eigenvalue weighted by atomic mass is 9.96. The molecule has 4 aromatic rings. The Labute approximate surface area is 214 Å². The molecular formula is C29H26ClNO5. The largest absolute Gasteiger partial charge is 0.481 e. The first-order chi connectivity index (χ1) is 17.3. The molecule has 0 amide bonds. The molecule has 0 radical (unpaired) electrons. The van der Waals surface area contributed by atoms with E-state index in [1.807, 2.05) is 66.7 Å². The number of aromatic nitrogens is 1. The highest BCUT2D eigenvalue weighted by molar-refractivity contribution is 6.31. The van der Waals surface area contributed by atoms with Crippen LogP contribution in [0.1, 0.15) is 46.5 Å². The summed E-state index contributed by atoms with van der Waals surface area (Å²) >= 11 is 6.23. The van der Waals surface area contributed by atoms with Crippen LogP contribution in [0, 0.1) is 6.92 Å². The van der Waals surface area contributed by atoms with Crippen LogP contribution in [-0.4, -0.2) is 22.2 Å². The fraction of sp³-hybridized carbons (Fsp3) is 0.207. The number of benzene rings is 3. The Kier molecular flexibility index (Phi) is 7.86.